The molecular formula is C20H27N7O5S. The third kappa shape index (κ3) is 5.92. The quantitative estimate of drug-likeness (QED) is 0.182. The molecular weight excluding hydrogens is 450 g/mol. The number of nitrogens with two attached hydrogens (primary N) is 2. The Morgan fingerprint density at radius 2 is 2.18 bits per heavy atom. The summed E-state index contributed by atoms with van der Waals surface area (Å²) in [6, 6.07) is 6.65. The maximum atomic E-state index is 12.1. The molecule has 5 N–H and O–H groups in total. The Labute approximate surface area is 195 Å². The number of hydrazine groups is 1. The van der Waals surface area contributed by atoms with E-state index in [1.807, 2.05) is 6.07 Å². The minimum Gasteiger partial charge on any atom is -0.481 e. The summed E-state index contributed by atoms with van der Waals surface area (Å²) in [6.07, 6.45) is 2.83. The number of unbranched alkanes of at least 4 members (excludes halogenated alkanes) is 1. The first kappa shape index (κ1) is 25.9. The van der Waals surface area contributed by atoms with Gasteiger partial charge in [0.1, 0.15) is 11.6 Å². The average molecular weight is 478 g/mol. The van der Waals surface area contributed by atoms with Gasteiger partial charge in [-0.3, -0.25) is 14.9 Å². The second-order valence-corrected chi connectivity index (χ2v) is 8.25. The van der Waals surface area contributed by atoms with Gasteiger partial charge in [0.05, 0.1) is 22.2 Å². The highest BCUT2D eigenvalue weighted by atomic mass is 32.2. The van der Waals surface area contributed by atoms with Crippen LogP contribution in [0.2, 0.25) is 0 Å². The van der Waals surface area contributed by atoms with E-state index in [-0.39, 0.29) is 29.3 Å². The Balaban J connectivity index is 2.67. The first-order chi connectivity index (χ1) is 15.7. The van der Waals surface area contributed by atoms with Gasteiger partial charge >= 0.3 is 11.7 Å². The van der Waals surface area contributed by atoms with Crippen LogP contribution in [-0.2, 0) is 4.79 Å². The Morgan fingerprint density at radius 1 is 1.48 bits per heavy atom. The fourth-order valence-corrected chi connectivity index (χ4v) is 3.82. The van der Waals surface area contributed by atoms with Crippen LogP contribution >= 0.6 is 11.8 Å². The highest BCUT2D eigenvalue weighted by Crippen LogP contribution is 2.35. The van der Waals surface area contributed by atoms with Gasteiger partial charge in [0.2, 0.25) is 0 Å². The van der Waals surface area contributed by atoms with Gasteiger partial charge in [-0.05, 0) is 37.8 Å². The number of rotatable bonds is 11. The summed E-state index contributed by atoms with van der Waals surface area (Å²) in [4.78, 5) is 29.4. The number of allylic oxidation sites excluding steroid dienone is 1. The summed E-state index contributed by atoms with van der Waals surface area (Å²) in [7, 11) is 3.49. The number of carboxylic acid groups (broad SMARTS) is 1. The number of hydrogen-bond acceptors (Lipinski definition) is 11. The Bertz CT molecular complexity index is 1010. The van der Waals surface area contributed by atoms with Gasteiger partial charge in [-0.1, -0.05) is 6.42 Å². The number of thioether (sulfide) groups is 1. The largest absolute Gasteiger partial charge is 0.481 e. The molecule has 0 aliphatic carbocycles. The predicted octanol–water partition coefficient (Wildman–Crippen LogP) is 1.56. The number of ether oxygens (including phenoxy) is 1. The van der Waals surface area contributed by atoms with Crippen LogP contribution in [0.25, 0.3) is 0 Å². The number of nitro groups is 1. The van der Waals surface area contributed by atoms with Crippen molar-refractivity contribution in [3.8, 4) is 11.8 Å². The molecule has 0 saturated carbocycles. The van der Waals surface area contributed by atoms with Crippen LogP contribution < -0.4 is 21.2 Å². The molecule has 33 heavy (non-hydrogen) atoms. The molecule has 2 unspecified atom stereocenters. The lowest BCUT2D eigenvalue weighted by Crippen LogP contribution is -2.47. The maximum Gasteiger partial charge on any atom is 0.352 e. The monoisotopic (exact) mass is 477 g/mol. The molecule has 0 radical (unpaired) electrons. The van der Waals surface area contributed by atoms with E-state index in [1.165, 1.54) is 6.07 Å². The van der Waals surface area contributed by atoms with E-state index in [4.69, 9.17) is 16.3 Å². The summed E-state index contributed by atoms with van der Waals surface area (Å²) in [6.45, 7) is 0.373. The van der Waals surface area contributed by atoms with Gasteiger partial charge in [-0.2, -0.15) is 5.26 Å². The number of nitriles is 1. The molecule has 0 fully saturated rings. The zero-order valence-corrected chi connectivity index (χ0v) is 19.4. The summed E-state index contributed by atoms with van der Waals surface area (Å²) >= 11 is 1.16. The second-order valence-electron chi connectivity index (χ2n) is 7.36. The minimum absolute atomic E-state index is 0.120. The lowest BCUT2D eigenvalue weighted by Gasteiger charge is -2.32. The van der Waals surface area contributed by atoms with Gasteiger partial charge in [-0.25, -0.2) is 15.8 Å². The molecule has 2 rings (SSSR count). The molecule has 0 saturated heterocycles. The highest BCUT2D eigenvalue weighted by Gasteiger charge is 2.43. The van der Waals surface area contributed by atoms with E-state index in [0.29, 0.717) is 25.1 Å². The Morgan fingerprint density at radius 3 is 2.70 bits per heavy atom. The lowest BCUT2D eigenvalue weighted by molar-refractivity contribution is -0.420. The number of carbonyl (C=O) groups is 1. The average Bonchev–Trinajstić information content (AvgIpc) is 2.77. The number of benzene rings is 1. The van der Waals surface area contributed by atoms with Crippen molar-refractivity contribution in [1.82, 2.24) is 5.01 Å². The van der Waals surface area contributed by atoms with Crippen LogP contribution in [0.5, 0.6) is 5.75 Å². The molecule has 0 aromatic heterocycles. The third-order valence-electron chi connectivity index (χ3n) is 4.91. The van der Waals surface area contributed by atoms with Crippen molar-refractivity contribution in [3.05, 3.63) is 45.5 Å². The molecule has 1 aromatic carbocycles. The molecule has 1 aromatic rings. The molecule has 13 heteroatoms. The molecule has 0 bridgehead atoms. The van der Waals surface area contributed by atoms with E-state index in [0.717, 1.165) is 16.8 Å². The topological polar surface area (TPSA) is 184 Å². The van der Waals surface area contributed by atoms with E-state index < -0.39 is 28.0 Å². The highest BCUT2D eigenvalue weighted by molar-refractivity contribution is 7.99. The first-order valence-electron chi connectivity index (χ1n) is 10.0. The smallest absolute Gasteiger partial charge is 0.352 e. The zero-order valence-electron chi connectivity index (χ0n) is 18.6. The Hall–Kier alpha value is -3.34. The van der Waals surface area contributed by atoms with E-state index in [1.54, 1.807) is 37.4 Å². The standard InChI is InChI=1S/C20H27N7O5S/c1-25(2)14-8-7-12(11-22)10-15(14)32-18-17(27(30)31)16(24-20(33-3)26(18)23)13(19(28)29)6-4-5-9-21/h7-8,10,13,20H,4-6,9,21,23H2,1-3H3,(H,28,29). The maximum absolute atomic E-state index is 12.1. The number of aliphatic imine (C=N–C) groups is 1. The van der Waals surface area contributed by atoms with E-state index in [9.17, 15) is 25.3 Å². The second kappa shape index (κ2) is 11.5. The molecule has 0 spiro atoms. The zero-order chi connectivity index (χ0) is 24.7. The van der Waals surface area contributed by atoms with Crippen molar-refractivity contribution in [3.63, 3.8) is 0 Å². The molecule has 1 aliphatic rings. The van der Waals surface area contributed by atoms with Crippen molar-refractivity contribution in [1.29, 1.82) is 5.26 Å². The fourth-order valence-electron chi connectivity index (χ4n) is 3.28. The molecule has 12 nitrogen and oxygen atoms in total. The number of anilines is 1. The van der Waals surface area contributed by atoms with Gasteiger partial charge < -0.3 is 20.5 Å². The minimum atomic E-state index is -1.24. The molecule has 2 atom stereocenters. The first-order valence-corrected chi connectivity index (χ1v) is 11.3. The van der Waals surface area contributed by atoms with Crippen molar-refractivity contribution < 1.29 is 19.6 Å². The van der Waals surface area contributed by atoms with Gasteiger partial charge in [-0.15, -0.1) is 11.8 Å². The normalized spacial score (nSPS) is 16.7. The van der Waals surface area contributed by atoms with Crippen molar-refractivity contribution in [2.45, 2.75) is 24.8 Å². The summed E-state index contributed by atoms with van der Waals surface area (Å²) in [5.41, 5.74) is 4.63. The number of carboxylic acids is 1. The summed E-state index contributed by atoms with van der Waals surface area (Å²) < 4.78 is 5.93. The van der Waals surface area contributed by atoms with Crippen LogP contribution in [0, 0.1) is 27.4 Å². The Kier molecular flexibility index (Phi) is 9.03. The molecule has 0 amide bonds. The van der Waals surface area contributed by atoms with Crippen molar-refractivity contribution >= 4 is 29.1 Å². The molecule has 1 heterocycles. The van der Waals surface area contributed by atoms with Crippen molar-refractivity contribution in [2.24, 2.45) is 22.5 Å². The number of hydrogen-bond donors (Lipinski definition) is 3. The third-order valence-corrected chi connectivity index (χ3v) is 5.67. The summed E-state index contributed by atoms with van der Waals surface area (Å²) in [5.74, 6) is 3.46. The van der Waals surface area contributed by atoms with Crippen LogP contribution in [0.3, 0.4) is 0 Å². The molecule has 178 valence electrons. The van der Waals surface area contributed by atoms with Crippen molar-refractivity contribution in [2.75, 3.05) is 31.8 Å². The summed E-state index contributed by atoms with van der Waals surface area (Å²) in [5, 5.41) is 32.2. The SMILES string of the molecule is CSC1N=C(C(CCCCN)C(=O)O)C([N+](=O)[O-])=C(Oc2cc(C#N)ccc2N(C)C)N1N. The lowest BCUT2D eigenvalue weighted by atomic mass is 9.94. The van der Waals surface area contributed by atoms with E-state index in [2.05, 4.69) is 4.99 Å². The van der Waals surface area contributed by atoms with Crippen LogP contribution in [-0.4, -0.2) is 59.1 Å². The van der Waals surface area contributed by atoms with Crippen LogP contribution in [0.4, 0.5) is 5.69 Å². The van der Waals surface area contributed by atoms with E-state index >= 15 is 0 Å². The fraction of sp³-hybridized carbons (Fsp3) is 0.450. The molecule has 1 aliphatic heterocycles. The van der Waals surface area contributed by atoms with Gasteiger partial charge in [0.25, 0.3) is 5.88 Å². The number of nitrogens with zero attached hydrogens (tertiary/aromatic N) is 5. The number of aliphatic carboxylic acids is 1. The van der Waals surface area contributed by atoms with Gasteiger partial charge in [0.15, 0.2) is 11.2 Å². The van der Waals surface area contributed by atoms with Crippen LogP contribution in [0.1, 0.15) is 24.8 Å². The van der Waals surface area contributed by atoms with Gasteiger partial charge in [0, 0.05) is 20.2 Å². The van der Waals surface area contributed by atoms with Crippen LogP contribution in [0.15, 0.2) is 34.8 Å². The predicted molar refractivity (Wildman–Crippen MR) is 125 cm³/mol.